The molecule has 0 aliphatic heterocycles. The zero-order valence-electron chi connectivity index (χ0n) is 7.58. The van der Waals surface area contributed by atoms with Crippen LogP contribution in [0, 0.1) is 0 Å². The lowest BCUT2D eigenvalue weighted by Crippen LogP contribution is -2.13. The summed E-state index contributed by atoms with van der Waals surface area (Å²) in [4.78, 5) is 12.9. The topological polar surface area (TPSA) is 47.9 Å². The fourth-order valence-corrected chi connectivity index (χ4v) is 0.610. The van der Waals surface area contributed by atoms with Crippen LogP contribution in [0.15, 0.2) is 4.99 Å². The van der Waals surface area contributed by atoms with Crippen LogP contribution in [0.2, 0.25) is 0 Å². The van der Waals surface area contributed by atoms with Crippen molar-refractivity contribution in [2.24, 2.45) is 4.99 Å². The number of ether oxygens (including phenoxy) is 2. The second-order valence-corrected chi connectivity index (χ2v) is 2.34. The minimum absolute atomic E-state index is 0.0246. The van der Waals surface area contributed by atoms with E-state index >= 15 is 0 Å². The minimum atomic E-state index is -0.298. The second kappa shape index (κ2) is 8.40. The standard InChI is InChI=1S/C8H15NO3/c1-3-4-5-11-8(2)12-7-9-6-10/h8H,3-5,7H2,1-2H3/t8-/m1/s1. The van der Waals surface area contributed by atoms with Gasteiger partial charge in [0.25, 0.3) is 0 Å². The van der Waals surface area contributed by atoms with Crippen molar-refractivity contribution in [3.05, 3.63) is 0 Å². The molecule has 0 aromatic rings. The molecule has 0 aliphatic rings. The smallest absolute Gasteiger partial charge is 0.237 e. The van der Waals surface area contributed by atoms with Gasteiger partial charge in [0, 0.05) is 6.61 Å². The van der Waals surface area contributed by atoms with Gasteiger partial charge >= 0.3 is 0 Å². The van der Waals surface area contributed by atoms with Crippen LogP contribution in [0.4, 0.5) is 0 Å². The van der Waals surface area contributed by atoms with Gasteiger partial charge in [0.05, 0.1) is 0 Å². The van der Waals surface area contributed by atoms with E-state index in [0.29, 0.717) is 6.61 Å². The number of carbonyl (C=O) groups excluding carboxylic acids is 1. The summed E-state index contributed by atoms with van der Waals surface area (Å²) in [6.45, 7) is 4.57. The molecule has 0 saturated carbocycles. The average molecular weight is 173 g/mol. The molecule has 0 rings (SSSR count). The molecule has 0 amide bonds. The Kier molecular flexibility index (Phi) is 7.91. The maximum Gasteiger partial charge on any atom is 0.237 e. The molecule has 0 heterocycles. The molecule has 12 heavy (non-hydrogen) atoms. The van der Waals surface area contributed by atoms with Crippen molar-refractivity contribution in [3.8, 4) is 0 Å². The first-order chi connectivity index (χ1) is 5.81. The van der Waals surface area contributed by atoms with Crippen molar-refractivity contribution >= 4 is 6.08 Å². The first-order valence-electron chi connectivity index (χ1n) is 4.08. The Bertz CT molecular complexity index is 143. The zero-order chi connectivity index (χ0) is 9.23. The van der Waals surface area contributed by atoms with Crippen LogP contribution < -0.4 is 0 Å². The van der Waals surface area contributed by atoms with Gasteiger partial charge in [0.1, 0.15) is 0 Å². The summed E-state index contributed by atoms with van der Waals surface area (Å²) >= 11 is 0. The zero-order valence-corrected chi connectivity index (χ0v) is 7.58. The number of unbranched alkanes of at least 4 members (excludes halogenated alkanes) is 1. The van der Waals surface area contributed by atoms with Crippen molar-refractivity contribution in [2.45, 2.75) is 33.0 Å². The molecule has 0 bridgehead atoms. The van der Waals surface area contributed by atoms with E-state index in [9.17, 15) is 4.79 Å². The third kappa shape index (κ3) is 7.41. The lowest BCUT2D eigenvalue weighted by molar-refractivity contribution is -0.128. The number of nitrogens with zero attached hydrogens (tertiary/aromatic N) is 1. The number of rotatable bonds is 7. The first-order valence-corrected chi connectivity index (χ1v) is 4.08. The van der Waals surface area contributed by atoms with E-state index in [1.165, 1.54) is 6.08 Å². The lowest BCUT2D eigenvalue weighted by atomic mass is 10.4. The molecule has 0 radical (unpaired) electrons. The van der Waals surface area contributed by atoms with E-state index in [0.717, 1.165) is 12.8 Å². The lowest BCUT2D eigenvalue weighted by Gasteiger charge is -2.11. The second-order valence-electron chi connectivity index (χ2n) is 2.34. The molecule has 0 saturated heterocycles. The third-order valence-electron chi connectivity index (χ3n) is 1.29. The van der Waals surface area contributed by atoms with E-state index in [-0.39, 0.29) is 13.0 Å². The van der Waals surface area contributed by atoms with E-state index in [4.69, 9.17) is 9.47 Å². The van der Waals surface area contributed by atoms with Crippen LogP contribution >= 0.6 is 0 Å². The van der Waals surface area contributed by atoms with Crippen molar-refractivity contribution in [2.75, 3.05) is 13.3 Å². The summed E-state index contributed by atoms with van der Waals surface area (Å²) < 4.78 is 10.2. The fraction of sp³-hybridized carbons (Fsp3) is 0.875. The molecule has 70 valence electrons. The monoisotopic (exact) mass is 173 g/mol. The molecule has 0 fully saturated rings. The Morgan fingerprint density at radius 2 is 2.25 bits per heavy atom. The molecule has 4 heteroatoms. The largest absolute Gasteiger partial charge is 0.353 e. The van der Waals surface area contributed by atoms with E-state index in [2.05, 4.69) is 11.9 Å². The van der Waals surface area contributed by atoms with Crippen molar-refractivity contribution in [1.29, 1.82) is 0 Å². The number of hydrogen-bond acceptors (Lipinski definition) is 4. The Balaban J connectivity index is 3.20. The summed E-state index contributed by atoms with van der Waals surface area (Å²) in [6, 6.07) is 0. The predicted octanol–water partition coefficient (Wildman–Crippen LogP) is 1.46. The minimum Gasteiger partial charge on any atom is -0.353 e. The highest BCUT2D eigenvalue weighted by Crippen LogP contribution is 1.96. The number of aliphatic imine (C=N–C) groups is 1. The molecule has 0 unspecified atom stereocenters. The van der Waals surface area contributed by atoms with Gasteiger partial charge in [-0.25, -0.2) is 4.79 Å². The highest BCUT2D eigenvalue weighted by atomic mass is 16.7. The SMILES string of the molecule is CCCCO[C@@H](C)OCN=C=O. The van der Waals surface area contributed by atoms with E-state index in [1.807, 2.05) is 0 Å². The highest BCUT2D eigenvalue weighted by molar-refractivity contribution is 5.32. The summed E-state index contributed by atoms with van der Waals surface area (Å²) in [5.41, 5.74) is 0. The van der Waals surface area contributed by atoms with Gasteiger partial charge in [-0.3, -0.25) is 0 Å². The summed E-state index contributed by atoms with van der Waals surface area (Å²) in [5, 5.41) is 0. The molecule has 0 spiro atoms. The Labute approximate surface area is 72.6 Å². The third-order valence-corrected chi connectivity index (χ3v) is 1.29. The molecular weight excluding hydrogens is 158 g/mol. The number of isocyanates is 1. The van der Waals surface area contributed by atoms with Crippen LogP contribution in [0.5, 0.6) is 0 Å². The first kappa shape index (κ1) is 11.3. The maximum atomic E-state index is 9.63. The van der Waals surface area contributed by atoms with Crippen LogP contribution in [0.1, 0.15) is 26.7 Å². The van der Waals surface area contributed by atoms with Crippen LogP contribution in [0.3, 0.4) is 0 Å². The Morgan fingerprint density at radius 1 is 1.50 bits per heavy atom. The molecule has 0 aromatic carbocycles. The molecular formula is C8H15NO3. The van der Waals surface area contributed by atoms with Gasteiger partial charge in [-0.05, 0) is 13.3 Å². The van der Waals surface area contributed by atoms with E-state index < -0.39 is 0 Å². The molecule has 0 aromatic heterocycles. The van der Waals surface area contributed by atoms with Crippen LogP contribution in [-0.4, -0.2) is 25.7 Å². The van der Waals surface area contributed by atoms with Crippen molar-refractivity contribution < 1.29 is 14.3 Å². The van der Waals surface area contributed by atoms with E-state index in [1.54, 1.807) is 6.92 Å². The van der Waals surface area contributed by atoms with Crippen molar-refractivity contribution in [1.82, 2.24) is 0 Å². The van der Waals surface area contributed by atoms with Gasteiger partial charge < -0.3 is 9.47 Å². The van der Waals surface area contributed by atoms with Crippen molar-refractivity contribution in [3.63, 3.8) is 0 Å². The van der Waals surface area contributed by atoms with Crippen LogP contribution in [0.25, 0.3) is 0 Å². The summed E-state index contributed by atoms with van der Waals surface area (Å²) in [7, 11) is 0. The van der Waals surface area contributed by atoms with Gasteiger partial charge in [0.15, 0.2) is 13.0 Å². The Hall–Kier alpha value is -0.700. The summed E-state index contributed by atoms with van der Waals surface area (Å²) in [6.07, 6.45) is 3.20. The van der Waals surface area contributed by atoms with Gasteiger partial charge in [-0.2, -0.15) is 4.99 Å². The molecule has 1 atom stereocenters. The predicted molar refractivity (Wildman–Crippen MR) is 44.4 cm³/mol. The molecule has 0 aliphatic carbocycles. The molecule has 4 nitrogen and oxygen atoms in total. The van der Waals surface area contributed by atoms with Gasteiger partial charge in [0.2, 0.25) is 6.08 Å². The van der Waals surface area contributed by atoms with Gasteiger partial charge in [-0.15, -0.1) is 0 Å². The maximum absolute atomic E-state index is 9.63. The fourth-order valence-electron chi connectivity index (χ4n) is 0.610. The molecule has 0 N–H and O–H groups in total. The normalized spacial score (nSPS) is 12.2. The summed E-state index contributed by atoms with van der Waals surface area (Å²) in [5.74, 6) is 0. The highest BCUT2D eigenvalue weighted by Gasteiger charge is 1.99. The quantitative estimate of drug-likeness (QED) is 0.253. The average Bonchev–Trinajstić information content (AvgIpc) is 2.06. The van der Waals surface area contributed by atoms with Gasteiger partial charge in [-0.1, -0.05) is 13.3 Å². The number of hydrogen-bond donors (Lipinski definition) is 0. The van der Waals surface area contributed by atoms with Crippen LogP contribution in [-0.2, 0) is 14.3 Å². The Morgan fingerprint density at radius 3 is 2.83 bits per heavy atom.